The zero-order chi connectivity index (χ0) is 20.5. The van der Waals surface area contributed by atoms with Crippen molar-refractivity contribution in [3.8, 4) is 5.75 Å². The zero-order valence-corrected chi connectivity index (χ0v) is 17.3. The van der Waals surface area contributed by atoms with Gasteiger partial charge in [0.15, 0.2) is 0 Å². The quantitative estimate of drug-likeness (QED) is 0.665. The van der Waals surface area contributed by atoms with Crippen LogP contribution in [0.1, 0.15) is 47.7 Å². The minimum atomic E-state index is 0.122. The number of methoxy groups -OCH3 is 1. The topological polar surface area (TPSA) is 54.5 Å². The number of carbonyl (C=O) groups is 1. The van der Waals surface area contributed by atoms with Crippen LogP contribution in [-0.2, 0) is 0 Å². The van der Waals surface area contributed by atoms with Crippen LogP contribution in [-0.4, -0.2) is 42.0 Å². The van der Waals surface area contributed by atoms with Gasteiger partial charge >= 0.3 is 0 Å². The summed E-state index contributed by atoms with van der Waals surface area (Å²) in [5, 5.41) is 4.54. The number of anilines is 1. The molecule has 154 valence electrons. The predicted octanol–water partition coefficient (Wildman–Crippen LogP) is 4.84. The Bertz CT molecular complexity index is 1060. The highest BCUT2D eigenvalue weighted by Gasteiger charge is 2.29. The van der Waals surface area contributed by atoms with Gasteiger partial charge in [0.05, 0.1) is 18.2 Å². The van der Waals surface area contributed by atoms with Gasteiger partial charge < -0.3 is 15.0 Å². The third-order valence-corrected chi connectivity index (χ3v) is 6.13. The summed E-state index contributed by atoms with van der Waals surface area (Å²) in [6.45, 7) is 1.51. The number of fused-ring (bicyclic) bond motifs is 1. The number of likely N-dealkylation sites (tertiary alicyclic amines) is 1. The number of nitrogens with zero attached hydrogens (tertiary/aromatic N) is 2. The van der Waals surface area contributed by atoms with E-state index < -0.39 is 0 Å². The smallest absolute Gasteiger partial charge is 0.254 e. The van der Waals surface area contributed by atoms with Crippen LogP contribution in [0.3, 0.4) is 0 Å². The molecule has 1 unspecified atom stereocenters. The van der Waals surface area contributed by atoms with Crippen LogP contribution in [0.15, 0.2) is 54.6 Å². The molecule has 0 spiro atoms. The molecule has 1 aromatic heterocycles. The fraction of sp³-hybridized carbons (Fsp3) is 0.360. The first-order valence-electron chi connectivity index (χ1n) is 10.8. The Hall–Kier alpha value is -3.08. The van der Waals surface area contributed by atoms with Crippen molar-refractivity contribution >= 4 is 22.5 Å². The van der Waals surface area contributed by atoms with Gasteiger partial charge in [-0.05, 0) is 62.1 Å². The van der Waals surface area contributed by atoms with Crippen molar-refractivity contribution in [3.05, 3.63) is 65.9 Å². The summed E-state index contributed by atoms with van der Waals surface area (Å²) in [5.41, 5.74) is 3.85. The van der Waals surface area contributed by atoms with Crippen LogP contribution < -0.4 is 10.1 Å². The van der Waals surface area contributed by atoms with Crippen LogP contribution in [0, 0.1) is 0 Å². The van der Waals surface area contributed by atoms with Gasteiger partial charge in [0.25, 0.3) is 5.91 Å². The lowest BCUT2D eigenvalue weighted by Crippen LogP contribution is -2.45. The Labute approximate surface area is 177 Å². The molecule has 1 N–H and O–H groups in total. The van der Waals surface area contributed by atoms with E-state index in [9.17, 15) is 4.79 Å². The summed E-state index contributed by atoms with van der Waals surface area (Å²) in [5.74, 6) is 1.49. The molecule has 3 aromatic rings. The van der Waals surface area contributed by atoms with E-state index in [0.717, 1.165) is 53.0 Å². The Morgan fingerprint density at radius 2 is 1.90 bits per heavy atom. The van der Waals surface area contributed by atoms with E-state index in [1.54, 1.807) is 7.11 Å². The van der Waals surface area contributed by atoms with Crippen molar-refractivity contribution in [1.29, 1.82) is 0 Å². The molecule has 5 rings (SSSR count). The number of hydrogen-bond acceptors (Lipinski definition) is 4. The van der Waals surface area contributed by atoms with Crippen molar-refractivity contribution < 1.29 is 9.53 Å². The van der Waals surface area contributed by atoms with Gasteiger partial charge in [0, 0.05) is 41.8 Å². The molecule has 5 heteroatoms. The maximum Gasteiger partial charge on any atom is 0.254 e. The number of nitrogens with one attached hydrogen (secondary N) is 1. The first kappa shape index (κ1) is 18.9. The summed E-state index contributed by atoms with van der Waals surface area (Å²) in [6, 6.07) is 18.3. The number of benzene rings is 2. The Morgan fingerprint density at radius 3 is 2.67 bits per heavy atom. The minimum Gasteiger partial charge on any atom is -0.497 e. The second-order valence-electron chi connectivity index (χ2n) is 8.35. The number of pyridine rings is 1. The largest absolute Gasteiger partial charge is 0.497 e. The molecule has 30 heavy (non-hydrogen) atoms. The summed E-state index contributed by atoms with van der Waals surface area (Å²) < 4.78 is 5.24. The molecular weight excluding hydrogens is 374 g/mol. The molecule has 2 aromatic carbocycles. The minimum absolute atomic E-state index is 0.122. The molecule has 1 aliphatic carbocycles. The van der Waals surface area contributed by atoms with Gasteiger partial charge in [-0.2, -0.15) is 0 Å². The van der Waals surface area contributed by atoms with E-state index in [1.807, 2.05) is 59.5 Å². The van der Waals surface area contributed by atoms with Gasteiger partial charge in [0.2, 0.25) is 0 Å². The molecule has 1 aliphatic heterocycles. The van der Waals surface area contributed by atoms with E-state index in [1.165, 1.54) is 12.8 Å². The van der Waals surface area contributed by atoms with Crippen molar-refractivity contribution in [2.45, 2.75) is 37.6 Å². The molecule has 0 radical (unpaired) electrons. The number of carbonyl (C=O) groups excluding carboxylic acids is 1. The maximum atomic E-state index is 13.5. The first-order valence-corrected chi connectivity index (χ1v) is 10.8. The fourth-order valence-electron chi connectivity index (χ4n) is 4.33. The monoisotopic (exact) mass is 401 g/mol. The summed E-state index contributed by atoms with van der Waals surface area (Å²) in [4.78, 5) is 20.4. The third-order valence-electron chi connectivity index (χ3n) is 6.13. The normalized spacial score (nSPS) is 19.0. The van der Waals surface area contributed by atoms with E-state index in [-0.39, 0.29) is 11.9 Å². The average molecular weight is 402 g/mol. The molecule has 1 saturated carbocycles. The molecule has 2 aliphatic rings. The lowest BCUT2D eigenvalue weighted by atomic mass is 10.0. The molecule has 2 fully saturated rings. The van der Waals surface area contributed by atoms with Crippen molar-refractivity contribution in [1.82, 2.24) is 9.88 Å². The van der Waals surface area contributed by atoms with Crippen molar-refractivity contribution in [2.75, 3.05) is 25.5 Å². The molecule has 5 nitrogen and oxygen atoms in total. The Morgan fingerprint density at radius 1 is 1.10 bits per heavy atom. The van der Waals surface area contributed by atoms with Crippen LogP contribution in [0.5, 0.6) is 5.75 Å². The van der Waals surface area contributed by atoms with Gasteiger partial charge in [-0.25, -0.2) is 0 Å². The summed E-state index contributed by atoms with van der Waals surface area (Å²) >= 11 is 0. The molecule has 1 saturated heterocycles. The Kier molecular flexibility index (Phi) is 5.03. The fourth-order valence-corrected chi connectivity index (χ4v) is 4.33. The molecular formula is C25H27N3O2. The first-order chi connectivity index (χ1) is 14.7. The number of hydrogen-bond donors (Lipinski definition) is 1. The lowest BCUT2D eigenvalue weighted by molar-refractivity contribution is 0.0716. The van der Waals surface area contributed by atoms with Crippen LogP contribution in [0.25, 0.3) is 10.9 Å². The second-order valence-corrected chi connectivity index (χ2v) is 8.35. The SMILES string of the molecule is COc1ccc(NC2CCCN(C(=O)c3cc(C4CC4)nc4ccccc34)C2)cc1. The highest BCUT2D eigenvalue weighted by Crippen LogP contribution is 2.40. The Balaban J connectivity index is 1.36. The summed E-state index contributed by atoms with van der Waals surface area (Å²) in [6.07, 6.45) is 4.41. The van der Waals surface area contributed by atoms with Crippen molar-refractivity contribution in [3.63, 3.8) is 0 Å². The van der Waals surface area contributed by atoms with E-state index in [2.05, 4.69) is 5.32 Å². The van der Waals surface area contributed by atoms with Crippen molar-refractivity contribution in [2.24, 2.45) is 0 Å². The highest BCUT2D eigenvalue weighted by atomic mass is 16.5. The standard InChI is InChI=1S/C25H27N3O2/c1-30-20-12-10-18(11-13-20)26-19-5-4-14-28(16-19)25(29)22-15-24(17-8-9-17)27-23-7-3-2-6-21(22)23/h2-3,6-7,10-13,15,17,19,26H,4-5,8-9,14,16H2,1H3. The number of rotatable bonds is 5. The van der Waals surface area contributed by atoms with E-state index in [0.29, 0.717) is 12.5 Å². The highest BCUT2D eigenvalue weighted by molar-refractivity contribution is 6.06. The maximum absolute atomic E-state index is 13.5. The number of ether oxygens (including phenoxy) is 1. The van der Waals surface area contributed by atoms with Gasteiger partial charge in [-0.1, -0.05) is 18.2 Å². The van der Waals surface area contributed by atoms with Crippen LogP contribution in [0.4, 0.5) is 5.69 Å². The van der Waals surface area contributed by atoms with Gasteiger partial charge in [-0.15, -0.1) is 0 Å². The van der Waals surface area contributed by atoms with E-state index in [4.69, 9.17) is 9.72 Å². The van der Waals surface area contributed by atoms with Crippen LogP contribution in [0.2, 0.25) is 0 Å². The van der Waals surface area contributed by atoms with Gasteiger partial charge in [-0.3, -0.25) is 9.78 Å². The van der Waals surface area contributed by atoms with Crippen LogP contribution >= 0.6 is 0 Å². The summed E-state index contributed by atoms with van der Waals surface area (Å²) in [7, 11) is 1.67. The lowest BCUT2D eigenvalue weighted by Gasteiger charge is -2.34. The molecule has 2 heterocycles. The molecule has 1 amide bonds. The third kappa shape index (κ3) is 3.84. The van der Waals surface area contributed by atoms with Gasteiger partial charge in [0.1, 0.15) is 5.75 Å². The second kappa shape index (κ2) is 7.98. The number of piperidine rings is 1. The average Bonchev–Trinajstić information content (AvgIpc) is 3.64. The molecule has 1 atom stereocenters. The van der Waals surface area contributed by atoms with E-state index >= 15 is 0 Å². The number of para-hydroxylation sites is 1. The number of aromatic nitrogens is 1. The number of amides is 1. The zero-order valence-electron chi connectivity index (χ0n) is 17.3. The predicted molar refractivity (Wildman–Crippen MR) is 119 cm³/mol. The molecule has 0 bridgehead atoms.